The SMILES string of the molecule is Clc1cnnc(C2CCCCC2)n1. The van der Waals surface area contributed by atoms with Gasteiger partial charge in [-0.2, -0.15) is 5.10 Å². The number of rotatable bonds is 1. The molecule has 0 N–H and O–H groups in total. The lowest BCUT2D eigenvalue weighted by Gasteiger charge is -2.19. The van der Waals surface area contributed by atoms with Crippen LogP contribution in [-0.2, 0) is 0 Å². The van der Waals surface area contributed by atoms with Crippen molar-refractivity contribution >= 4 is 11.6 Å². The van der Waals surface area contributed by atoms with Gasteiger partial charge in [0, 0.05) is 5.92 Å². The first-order valence-electron chi connectivity index (χ1n) is 4.71. The van der Waals surface area contributed by atoms with E-state index in [1.165, 1.54) is 38.3 Å². The van der Waals surface area contributed by atoms with Crippen molar-refractivity contribution in [2.24, 2.45) is 0 Å². The van der Waals surface area contributed by atoms with Gasteiger partial charge in [0.15, 0.2) is 11.0 Å². The molecule has 0 bridgehead atoms. The summed E-state index contributed by atoms with van der Waals surface area (Å²) < 4.78 is 0. The standard InChI is InChI=1S/C9H12ClN3/c10-8-6-11-13-9(12-8)7-4-2-1-3-5-7/h6-7H,1-5H2. The Morgan fingerprint density at radius 2 is 2.00 bits per heavy atom. The average Bonchev–Trinajstić information content (AvgIpc) is 2.19. The maximum Gasteiger partial charge on any atom is 0.155 e. The minimum absolute atomic E-state index is 0.454. The van der Waals surface area contributed by atoms with Crippen molar-refractivity contribution in [3.63, 3.8) is 0 Å². The molecule has 0 unspecified atom stereocenters. The first-order valence-corrected chi connectivity index (χ1v) is 5.09. The first-order chi connectivity index (χ1) is 6.36. The maximum absolute atomic E-state index is 5.75. The van der Waals surface area contributed by atoms with E-state index in [2.05, 4.69) is 15.2 Å². The second kappa shape index (κ2) is 4.01. The van der Waals surface area contributed by atoms with Gasteiger partial charge in [-0.25, -0.2) is 4.98 Å². The molecule has 0 aromatic carbocycles. The summed E-state index contributed by atoms with van der Waals surface area (Å²) in [5, 5.41) is 8.29. The van der Waals surface area contributed by atoms with Gasteiger partial charge in [-0.3, -0.25) is 0 Å². The Labute approximate surface area is 82.5 Å². The van der Waals surface area contributed by atoms with Gasteiger partial charge < -0.3 is 0 Å². The summed E-state index contributed by atoms with van der Waals surface area (Å²) in [4.78, 5) is 4.19. The van der Waals surface area contributed by atoms with Crippen LogP contribution in [0.1, 0.15) is 43.8 Å². The quantitative estimate of drug-likeness (QED) is 0.695. The van der Waals surface area contributed by atoms with E-state index in [0.29, 0.717) is 11.1 Å². The van der Waals surface area contributed by atoms with Gasteiger partial charge in [-0.15, -0.1) is 5.10 Å². The van der Waals surface area contributed by atoms with Gasteiger partial charge in [0.1, 0.15) is 0 Å². The van der Waals surface area contributed by atoms with Crippen molar-refractivity contribution < 1.29 is 0 Å². The molecule has 0 aliphatic heterocycles. The lowest BCUT2D eigenvalue weighted by molar-refractivity contribution is 0.425. The third-order valence-electron chi connectivity index (χ3n) is 2.52. The molecule has 1 fully saturated rings. The Morgan fingerprint density at radius 1 is 1.23 bits per heavy atom. The molecule has 13 heavy (non-hydrogen) atoms. The van der Waals surface area contributed by atoms with Crippen molar-refractivity contribution in [1.82, 2.24) is 15.2 Å². The van der Waals surface area contributed by atoms with E-state index in [4.69, 9.17) is 11.6 Å². The molecule has 4 heteroatoms. The second-order valence-electron chi connectivity index (χ2n) is 3.47. The molecule has 70 valence electrons. The van der Waals surface area contributed by atoms with Crippen LogP contribution in [0.15, 0.2) is 6.20 Å². The third kappa shape index (κ3) is 2.15. The lowest BCUT2D eigenvalue weighted by Crippen LogP contribution is -2.09. The van der Waals surface area contributed by atoms with Crippen LogP contribution in [-0.4, -0.2) is 15.2 Å². The highest BCUT2D eigenvalue weighted by Crippen LogP contribution is 2.30. The van der Waals surface area contributed by atoms with Crippen molar-refractivity contribution in [3.8, 4) is 0 Å². The van der Waals surface area contributed by atoms with Crippen molar-refractivity contribution in [2.75, 3.05) is 0 Å². The fourth-order valence-electron chi connectivity index (χ4n) is 1.83. The number of aromatic nitrogens is 3. The van der Waals surface area contributed by atoms with E-state index in [1.54, 1.807) is 0 Å². The van der Waals surface area contributed by atoms with E-state index in [-0.39, 0.29) is 0 Å². The first kappa shape index (κ1) is 8.88. The molecule has 0 saturated heterocycles. The predicted octanol–water partition coefficient (Wildman–Crippen LogP) is 2.57. The molecule has 1 aliphatic carbocycles. The zero-order valence-corrected chi connectivity index (χ0v) is 8.17. The van der Waals surface area contributed by atoms with Crippen LogP contribution < -0.4 is 0 Å². The molecule has 1 aliphatic rings. The topological polar surface area (TPSA) is 38.7 Å². The highest BCUT2D eigenvalue weighted by atomic mass is 35.5. The minimum Gasteiger partial charge on any atom is -0.217 e. The van der Waals surface area contributed by atoms with E-state index < -0.39 is 0 Å². The summed E-state index contributed by atoms with van der Waals surface area (Å²) in [7, 11) is 0. The molecule has 3 nitrogen and oxygen atoms in total. The number of nitrogens with zero attached hydrogens (tertiary/aromatic N) is 3. The van der Waals surface area contributed by atoms with Crippen LogP contribution in [0, 0.1) is 0 Å². The lowest BCUT2D eigenvalue weighted by atomic mass is 9.89. The Kier molecular flexibility index (Phi) is 2.74. The van der Waals surface area contributed by atoms with Gasteiger partial charge >= 0.3 is 0 Å². The predicted molar refractivity (Wildman–Crippen MR) is 50.7 cm³/mol. The van der Waals surface area contributed by atoms with Gasteiger partial charge in [0.2, 0.25) is 0 Å². The van der Waals surface area contributed by atoms with Gasteiger partial charge in [-0.1, -0.05) is 30.9 Å². The highest BCUT2D eigenvalue weighted by molar-refractivity contribution is 6.29. The summed E-state index contributed by atoms with van der Waals surface area (Å²) >= 11 is 5.75. The fraction of sp³-hybridized carbons (Fsp3) is 0.667. The monoisotopic (exact) mass is 197 g/mol. The molecule has 0 amide bonds. The minimum atomic E-state index is 0.454. The van der Waals surface area contributed by atoms with Crippen LogP contribution in [0.2, 0.25) is 5.15 Å². The van der Waals surface area contributed by atoms with Crippen molar-refractivity contribution in [2.45, 2.75) is 38.0 Å². The summed E-state index contributed by atoms with van der Waals surface area (Å²) in [5.74, 6) is 1.31. The third-order valence-corrected chi connectivity index (χ3v) is 2.70. The highest BCUT2D eigenvalue weighted by Gasteiger charge is 2.18. The molecule has 1 saturated carbocycles. The van der Waals surface area contributed by atoms with Crippen molar-refractivity contribution in [1.29, 1.82) is 0 Å². The summed E-state index contributed by atoms with van der Waals surface area (Å²) in [6.45, 7) is 0. The fourth-order valence-corrected chi connectivity index (χ4v) is 1.96. The normalized spacial score (nSPS) is 18.8. The summed E-state index contributed by atoms with van der Waals surface area (Å²) in [6, 6.07) is 0. The van der Waals surface area contributed by atoms with Crippen molar-refractivity contribution in [3.05, 3.63) is 17.2 Å². The van der Waals surface area contributed by atoms with Crippen LogP contribution in [0.4, 0.5) is 0 Å². The molecule has 0 atom stereocenters. The molecular formula is C9H12ClN3. The zero-order valence-electron chi connectivity index (χ0n) is 7.41. The van der Waals surface area contributed by atoms with Crippen LogP contribution in [0.3, 0.4) is 0 Å². The van der Waals surface area contributed by atoms with Gasteiger partial charge in [-0.05, 0) is 12.8 Å². The molecule has 0 spiro atoms. The molecule has 0 radical (unpaired) electrons. The molecular weight excluding hydrogens is 186 g/mol. The smallest absolute Gasteiger partial charge is 0.155 e. The number of halogens is 1. The Balaban J connectivity index is 2.14. The molecule has 2 rings (SSSR count). The van der Waals surface area contributed by atoms with E-state index in [0.717, 1.165) is 5.82 Å². The van der Waals surface area contributed by atoms with Gasteiger partial charge in [0.05, 0.1) is 6.20 Å². The van der Waals surface area contributed by atoms with Crippen LogP contribution >= 0.6 is 11.6 Å². The summed E-state index contributed by atoms with van der Waals surface area (Å²) in [5.41, 5.74) is 0. The number of hydrogen-bond donors (Lipinski definition) is 0. The second-order valence-corrected chi connectivity index (χ2v) is 3.86. The van der Waals surface area contributed by atoms with Gasteiger partial charge in [0.25, 0.3) is 0 Å². The Bertz CT molecular complexity index is 284. The van der Waals surface area contributed by atoms with E-state index in [9.17, 15) is 0 Å². The maximum atomic E-state index is 5.75. The largest absolute Gasteiger partial charge is 0.217 e. The molecule has 1 aromatic heterocycles. The molecule has 1 aromatic rings. The molecule has 1 heterocycles. The van der Waals surface area contributed by atoms with E-state index in [1.807, 2.05) is 0 Å². The summed E-state index contributed by atoms with van der Waals surface area (Å²) in [6.07, 6.45) is 7.74. The Hall–Kier alpha value is -0.700. The van der Waals surface area contributed by atoms with E-state index >= 15 is 0 Å². The van der Waals surface area contributed by atoms with Crippen LogP contribution in [0.5, 0.6) is 0 Å². The Morgan fingerprint density at radius 3 is 2.69 bits per heavy atom. The number of hydrogen-bond acceptors (Lipinski definition) is 3. The average molecular weight is 198 g/mol. The van der Waals surface area contributed by atoms with Crippen LogP contribution in [0.25, 0.3) is 0 Å². The zero-order chi connectivity index (χ0) is 9.10.